The molecule has 1 fully saturated rings. The molecule has 0 aromatic heterocycles. The Balaban J connectivity index is 1.28. The van der Waals surface area contributed by atoms with E-state index in [1.54, 1.807) is 29.2 Å². The molecule has 3 aliphatic rings. The van der Waals surface area contributed by atoms with Crippen LogP contribution >= 0.6 is 0 Å². The SMILES string of the molecule is C=CCO[C@@]12Oc3ccc(Oc4cccc(C=O)c4)cc3[C@H]3[C@H](CCCCO)[C@@H](CCCCO)C=C(C(=NOC)C[C@@H]1N(Cc1cccc4ccccc14)C(=O)OCCOCc1ccccc1)[C@H]32. The second-order valence-corrected chi connectivity index (χ2v) is 17.7. The number of allylic oxidation sites excluding steroid dienone is 1. The number of oxime groups is 1. The first-order valence-electron chi connectivity index (χ1n) is 23.8. The third-order valence-electron chi connectivity index (χ3n) is 13.5. The van der Waals surface area contributed by atoms with Crippen LogP contribution in [0.25, 0.3) is 10.8 Å². The number of ether oxygens (including phenoxy) is 5. The minimum atomic E-state index is -1.51. The fourth-order valence-electron chi connectivity index (χ4n) is 10.6. The van der Waals surface area contributed by atoms with Crippen LogP contribution in [-0.2, 0) is 32.2 Å². The number of hydrogen-bond donors (Lipinski definition) is 2. The van der Waals surface area contributed by atoms with Gasteiger partial charge in [0.25, 0.3) is 0 Å². The van der Waals surface area contributed by atoms with Crippen LogP contribution in [0.3, 0.4) is 0 Å². The maximum Gasteiger partial charge on any atom is 0.410 e. The summed E-state index contributed by atoms with van der Waals surface area (Å²) in [5.41, 5.74) is 4.90. The summed E-state index contributed by atoms with van der Waals surface area (Å²) in [7, 11) is 1.53. The molecule has 2 aliphatic carbocycles. The van der Waals surface area contributed by atoms with Crippen molar-refractivity contribution in [2.45, 2.75) is 75.8 Å². The maximum atomic E-state index is 15.1. The van der Waals surface area contributed by atoms with Crippen molar-refractivity contribution in [1.29, 1.82) is 0 Å². The first kappa shape index (κ1) is 48.2. The van der Waals surface area contributed by atoms with Crippen molar-refractivity contribution in [2.75, 3.05) is 40.1 Å². The summed E-state index contributed by atoms with van der Waals surface area (Å²) in [6.45, 7) is 5.04. The second-order valence-electron chi connectivity index (χ2n) is 17.7. The number of hydrogen-bond acceptors (Lipinski definition) is 11. The lowest BCUT2D eigenvalue weighted by Crippen LogP contribution is -2.70. The summed E-state index contributed by atoms with van der Waals surface area (Å²) >= 11 is 0. The molecule has 5 aromatic carbocycles. The van der Waals surface area contributed by atoms with E-state index in [1.165, 1.54) is 7.11 Å². The summed E-state index contributed by atoms with van der Waals surface area (Å²) in [5.74, 6) is -0.633. The Kier molecular flexibility index (Phi) is 16.4. The molecular formula is C56H62N2O10. The van der Waals surface area contributed by atoms with Gasteiger partial charge in [0.2, 0.25) is 5.79 Å². The van der Waals surface area contributed by atoms with Crippen LogP contribution in [0.15, 0.2) is 145 Å². The number of carbonyl (C=O) groups excluding carboxylic acids is 2. The third-order valence-corrected chi connectivity index (χ3v) is 13.5. The van der Waals surface area contributed by atoms with E-state index in [9.17, 15) is 15.0 Å². The Morgan fingerprint density at radius 3 is 2.44 bits per heavy atom. The van der Waals surface area contributed by atoms with E-state index >= 15 is 4.79 Å². The van der Waals surface area contributed by atoms with E-state index in [2.05, 4.69) is 30.9 Å². The lowest BCUT2D eigenvalue weighted by atomic mass is 9.55. The molecule has 5 aromatic rings. The highest BCUT2D eigenvalue weighted by Gasteiger charge is 2.65. The van der Waals surface area contributed by atoms with Crippen LogP contribution in [0.4, 0.5) is 4.79 Å². The van der Waals surface area contributed by atoms with Gasteiger partial charge in [0.05, 0.1) is 38.0 Å². The highest BCUT2D eigenvalue weighted by molar-refractivity contribution is 6.03. The number of benzene rings is 5. The molecule has 356 valence electrons. The second kappa shape index (κ2) is 23.1. The van der Waals surface area contributed by atoms with Crippen LogP contribution in [0.5, 0.6) is 17.2 Å². The van der Waals surface area contributed by atoms with Crippen molar-refractivity contribution in [3.8, 4) is 17.2 Å². The predicted molar refractivity (Wildman–Crippen MR) is 261 cm³/mol. The molecular weight excluding hydrogens is 861 g/mol. The maximum absolute atomic E-state index is 15.1. The Bertz CT molecular complexity index is 2560. The highest BCUT2D eigenvalue weighted by atomic mass is 16.7. The first-order chi connectivity index (χ1) is 33.4. The smallest absolute Gasteiger partial charge is 0.410 e. The Morgan fingerprint density at radius 2 is 1.65 bits per heavy atom. The molecule has 68 heavy (non-hydrogen) atoms. The molecule has 1 aliphatic heterocycles. The number of nitrogens with zero attached hydrogens (tertiary/aromatic N) is 2. The van der Waals surface area contributed by atoms with Crippen LogP contribution in [0, 0.1) is 17.8 Å². The van der Waals surface area contributed by atoms with E-state index in [1.807, 2.05) is 78.9 Å². The molecule has 1 heterocycles. The van der Waals surface area contributed by atoms with Gasteiger partial charge in [-0.25, -0.2) is 4.79 Å². The number of aliphatic hydroxyl groups excluding tert-OH is 2. The molecule has 6 atom stereocenters. The quantitative estimate of drug-likeness (QED) is 0.0281. The molecule has 0 bridgehead atoms. The van der Waals surface area contributed by atoms with Crippen molar-refractivity contribution < 1.29 is 48.3 Å². The number of aliphatic hydroxyl groups is 2. The minimum absolute atomic E-state index is 0.000216. The van der Waals surface area contributed by atoms with Crippen LogP contribution in [0.1, 0.15) is 77.9 Å². The number of aldehydes is 1. The van der Waals surface area contributed by atoms with Crippen molar-refractivity contribution in [1.82, 2.24) is 4.90 Å². The zero-order chi connectivity index (χ0) is 47.3. The molecule has 0 radical (unpaired) electrons. The van der Waals surface area contributed by atoms with Gasteiger partial charge in [-0.15, -0.1) is 6.58 Å². The number of carbonyl (C=O) groups is 2. The Hall–Kier alpha value is -6.31. The van der Waals surface area contributed by atoms with Crippen molar-refractivity contribution >= 4 is 28.9 Å². The Labute approximate surface area is 398 Å². The van der Waals surface area contributed by atoms with Gasteiger partial charge in [-0.1, -0.05) is 115 Å². The molecule has 1 saturated carbocycles. The van der Waals surface area contributed by atoms with Gasteiger partial charge in [0.15, 0.2) is 0 Å². The molecule has 0 unspecified atom stereocenters. The van der Waals surface area contributed by atoms with Crippen molar-refractivity contribution in [3.63, 3.8) is 0 Å². The largest absolute Gasteiger partial charge is 0.459 e. The third kappa shape index (κ3) is 10.7. The van der Waals surface area contributed by atoms with Gasteiger partial charge >= 0.3 is 6.09 Å². The van der Waals surface area contributed by atoms with Gasteiger partial charge in [-0.05, 0) is 95.3 Å². The molecule has 0 spiro atoms. The zero-order valence-corrected chi connectivity index (χ0v) is 38.7. The van der Waals surface area contributed by atoms with Crippen LogP contribution < -0.4 is 9.47 Å². The average molecular weight is 923 g/mol. The van der Waals surface area contributed by atoms with Gasteiger partial charge < -0.3 is 38.7 Å². The van der Waals surface area contributed by atoms with Crippen molar-refractivity contribution in [2.24, 2.45) is 22.9 Å². The van der Waals surface area contributed by atoms with E-state index in [0.29, 0.717) is 48.0 Å². The van der Waals surface area contributed by atoms with Gasteiger partial charge in [0.1, 0.15) is 43.3 Å². The number of fused-ring (bicyclic) bond motifs is 3. The standard InChI is InChI=1S/C56H62N2O10/c1-3-29-66-56-52(58(36-43-21-14-20-41-18-7-8-23-46(41)43)55(62)65-31-30-64-38-39-15-5-4-6-16-39)35-50(57-63-2)48-33-42(19-9-11-27-59)47(24-10-12-28-60)53(54(48)56)49-34-45(25-26-51(49)68-56)67-44-22-13-17-40(32-44)37-61/h3-8,13-18,20-23,25-26,32-34,37,42,47,52-54,59-60H,1,9-12,19,24,27-31,35-36,38H2,2H3/t42-,47+,52-,53+,54+,56+/m0/s1. The lowest BCUT2D eigenvalue weighted by Gasteiger charge is -2.59. The fraction of sp³-hybridized carbons (Fsp3) is 0.375. The number of rotatable bonds is 23. The van der Waals surface area contributed by atoms with Gasteiger partial charge in [-0.2, -0.15) is 0 Å². The van der Waals surface area contributed by atoms with E-state index in [-0.39, 0.29) is 63.8 Å². The van der Waals surface area contributed by atoms with Gasteiger partial charge in [0, 0.05) is 36.7 Å². The number of amides is 1. The summed E-state index contributed by atoms with van der Waals surface area (Å²) in [5, 5.41) is 26.8. The Morgan fingerprint density at radius 1 is 0.882 bits per heavy atom. The van der Waals surface area contributed by atoms with Crippen LogP contribution in [-0.4, -0.2) is 85.2 Å². The van der Waals surface area contributed by atoms with E-state index in [0.717, 1.165) is 65.0 Å². The molecule has 1 amide bonds. The molecule has 12 nitrogen and oxygen atoms in total. The molecule has 2 N–H and O–H groups in total. The monoisotopic (exact) mass is 922 g/mol. The lowest BCUT2D eigenvalue weighted by molar-refractivity contribution is -0.256. The molecule has 0 saturated heterocycles. The average Bonchev–Trinajstić information content (AvgIpc) is 3.36. The van der Waals surface area contributed by atoms with Gasteiger partial charge in [-0.3, -0.25) is 9.69 Å². The zero-order valence-electron chi connectivity index (χ0n) is 38.7. The predicted octanol–water partition coefficient (Wildman–Crippen LogP) is 10.6. The summed E-state index contributed by atoms with van der Waals surface area (Å²) < 4.78 is 33.2. The number of unbranched alkanes of at least 4 members (excludes halogenated alkanes) is 2. The summed E-state index contributed by atoms with van der Waals surface area (Å²) in [6, 6.07) is 36.0. The fourth-order valence-corrected chi connectivity index (χ4v) is 10.6. The van der Waals surface area contributed by atoms with E-state index in [4.69, 9.17) is 33.7 Å². The molecule has 8 rings (SSSR count). The van der Waals surface area contributed by atoms with Crippen molar-refractivity contribution in [3.05, 3.63) is 162 Å². The topological polar surface area (TPSA) is 146 Å². The summed E-state index contributed by atoms with van der Waals surface area (Å²) in [4.78, 5) is 34.2. The highest BCUT2D eigenvalue weighted by Crippen LogP contribution is 2.62. The minimum Gasteiger partial charge on any atom is -0.459 e. The van der Waals surface area contributed by atoms with E-state index < -0.39 is 23.8 Å². The van der Waals surface area contributed by atoms with Crippen LogP contribution in [0.2, 0.25) is 0 Å². The molecule has 12 heteroatoms. The first-order valence-corrected chi connectivity index (χ1v) is 23.8. The summed E-state index contributed by atoms with van der Waals surface area (Å²) in [6.07, 6.45) is 8.85. The normalized spacial score (nSPS) is 22.0.